The third kappa shape index (κ3) is 2.54. The number of likely N-dealkylation sites (N-methyl/N-ethyl adjacent to an activating group) is 1. The molecule has 0 radical (unpaired) electrons. The zero-order valence-corrected chi connectivity index (χ0v) is 11.1. The van der Waals surface area contributed by atoms with E-state index in [1.54, 1.807) is 7.05 Å². The van der Waals surface area contributed by atoms with Crippen LogP contribution >= 0.6 is 15.9 Å². The van der Waals surface area contributed by atoms with E-state index in [1.165, 1.54) is 4.90 Å². The van der Waals surface area contributed by atoms with Gasteiger partial charge in [0.2, 0.25) is 0 Å². The smallest absolute Gasteiger partial charge is 0.407 e. The average molecular weight is 300 g/mol. The van der Waals surface area contributed by atoms with Crippen LogP contribution in [-0.2, 0) is 0 Å². The maximum absolute atomic E-state index is 10.8. The fraction of sp³-hybridized carbons (Fsp3) is 0.417. The van der Waals surface area contributed by atoms with E-state index in [0.717, 1.165) is 22.2 Å². The lowest BCUT2D eigenvalue weighted by Crippen LogP contribution is -2.31. The molecule has 2 rings (SSSR count). The van der Waals surface area contributed by atoms with Gasteiger partial charge in [-0.05, 0) is 28.4 Å². The molecule has 0 aliphatic carbocycles. The third-order valence-electron chi connectivity index (χ3n) is 2.97. The highest BCUT2D eigenvalue weighted by Crippen LogP contribution is 2.38. The summed E-state index contributed by atoms with van der Waals surface area (Å²) in [5, 5.41) is 8.90. The van der Waals surface area contributed by atoms with E-state index in [9.17, 15) is 4.79 Å². The lowest BCUT2D eigenvalue weighted by atomic mass is 9.93. The molecule has 1 aromatic carbocycles. The maximum atomic E-state index is 10.8. The molecule has 1 aliphatic rings. The highest BCUT2D eigenvalue weighted by molar-refractivity contribution is 9.10. The Morgan fingerprint density at radius 1 is 1.65 bits per heavy atom. The van der Waals surface area contributed by atoms with Crippen molar-refractivity contribution in [3.05, 3.63) is 28.2 Å². The maximum Gasteiger partial charge on any atom is 0.407 e. The minimum absolute atomic E-state index is 0.206. The van der Waals surface area contributed by atoms with Crippen molar-refractivity contribution >= 4 is 22.0 Å². The Bertz CT molecular complexity index is 436. The van der Waals surface area contributed by atoms with E-state index in [1.807, 2.05) is 18.2 Å². The molecule has 0 aromatic heterocycles. The van der Waals surface area contributed by atoms with Crippen molar-refractivity contribution in [2.24, 2.45) is 0 Å². The number of amides is 1. The molecule has 5 heteroatoms. The van der Waals surface area contributed by atoms with Gasteiger partial charge in [0.1, 0.15) is 5.75 Å². The fourth-order valence-electron chi connectivity index (χ4n) is 2.06. The van der Waals surface area contributed by atoms with Crippen LogP contribution in [0.5, 0.6) is 5.75 Å². The Balaban J connectivity index is 2.23. The van der Waals surface area contributed by atoms with Gasteiger partial charge in [0.05, 0.1) is 11.1 Å². The lowest BCUT2D eigenvalue weighted by molar-refractivity contribution is 0.148. The number of fused-ring (bicyclic) bond motifs is 1. The number of para-hydroxylation sites is 1. The van der Waals surface area contributed by atoms with Crippen molar-refractivity contribution in [2.75, 3.05) is 20.2 Å². The predicted molar refractivity (Wildman–Crippen MR) is 67.6 cm³/mol. The molecule has 0 saturated heterocycles. The lowest BCUT2D eigenvalue weighted by Gasteiger charge is -2.29. The molecule has 0 bridgehead atoms. The molecule has 0 fully saturated rings. The first-order valence-electron chi connectivity index (χ1n) is 5.45. The summed E-state index contributed by atoms with van der Waals surface area (Å²) in [6, 6.07) is 5.88. The van der Waals surface area contributed by atoms with Crippen LogP contribution in [-0.4, -0.2) is 36.3 Å². The van der Waals surface area contributed by atoms with Gasteiger partial charge in [0.25, 0.3) is 0 Å². The summed E-state index contributed by atoms with van der Waals surface area (Å²) in [6.07, 6.45) is -0.0470. The van der Waals surface area contributed by atoms with Crippen LogP contribution in [0.15, 0.2) is 22.7 Å². The van der Waals surface area contributed by atoms with E-state index < -0.39 is 6.09 Å². The van der Waals surface area contributed by atoms with Crippen LogP contribution in [0.4, 0.5) is 4.79 Å². The monoisotopic (exact) mass is 299 g/mol. The number of benzene rings is 1. The summed E-state index contributed by atoms with van der Waals surface area (Å²) >= 11 is 3.45. The molecule has 4 nitrogen and oxygen atoms in total. The highest BCUT2D eigenvalue weighted by Gasteiger charge is 2.25. The summed E-state index contributed by atoms with van der Waals surface area (Å²) < 4.78 is 6.54. The largest absolute Gasteiger partial charge is 0.492 e. The van der Waals surface area contributed by atoms with Crippen LogP contribution in [0, 0.1) is 0 Å². The third-order valence-corrected chi connectivity index (χ3v) is 3.60. The van der Waals surface area contributed by atoms with Gasteiger partial charge in [-0.3, -0.25) is 0 Å². The number of nitrogens with zero attached hydrogens (tertiary/aromatic N) is 1. The second-order valence-electron chi connectivity index (χ2n) is 4.16. The highest BCUT2D eigenvalue weighted by atomic mass is 79.9. The van der Waals surface area contributed by atoms with Gasteiger partial charge >= 0.3 is 6.09 Å². The number of carboxylic acid groups (broad SMARTS) is 1. The Morgan fingerprint density at radius 3 is 3.12 bits per heavy atom. The van der Waals surface area contributed by atoms with Crippen molar-refractivity contribution in [3.8, 4) is 5.75 Å². The van der Waals surface area contributed by atoms with Crippen LogP contribution in [0.1, 0.15) is 17.9 Å². The Morgan fingerprint density at radius 2 is 2.41 bits per heavy atom. The molecular weight excluding hydrogens is 286 g/mol. The Kier molecular flexibility index (Phi) is 3.57. The van der Waals surface area contributed by atoms with Gasteiger partial charge in [-0.1, -0.05) is 12.1 Å². The molecule has 1 unspecified atom stereocenters. The van der Waals surface area contributed by atoms with Crippen LogP contribution < -0.4 is 4.74 Å². The molecule has 1 atom stereocenters. The van der Waals surface area contributed by atoms with Crippen molar-refractivity contribution < 1.29 is 14.6 Å². The second kappa shape index (κ2) is 4.96. The average Bonchev–Trinajstić information content (AvgIpc) is 2.30. The molecule has 17 heavy (non-hydrogen) atoms. The first kappa shape index (κ1) is 12.2. The van der Waals surface area contributed by atoms with Gasteiger partial charge in [-0.25, -0.2) is 4.79 Å². The number of carbonyl (C=O) groups is 1. The summed E-state index contributed by atoms with van der Waals surface area (Å²) in [7, 11) is 1.59. The van der Waals surface area contributed by atoms with Crippen LogP contribution in [0.3, 0.4) is 0 Å². The van der Waals surface area contributed by atoms with E-state index >= 15 is 0 Å². The second-order valence-corrected chi connectivity index (χ2v) is 5.01. The molecule has 1 N–H and O–H groups in total. The Hall–Kier alpha value is -1.23. The van der Waals surface area contributed by atoms with E-state index in [2.05, 4.69) is 15.9 Å². The molecule has 0 saturated carbocycles. The zero-order valence-electron chi connectivity index (χ0n) is 9.52. The number of hydrogen-bond acceptors (Lipinski definition) is 2. The minimum atomic E-state index is -0.895. The van der Waals surface area contributed by atoms with Gasteiger partial charge in [-0.15, -0.1) is 0 Å². The molecule has 0 spiro atoms. The molecule has 1 heterocycles. The molecule has 1 aliphatic heterocycles. The molecule has 92 valence electrons. The molecule has 1 amide bonds. The SMILES string of the molecule is CN(CC1CCOc2c(Br)cccc21)C(=O)O. The fourth-order valence-corrected chi connectivity index (χ4v) is 2.55. The summed E-state index contributed by atoms with van der Waals surface area (Å²) in [6.45, 7) is 1.13. The number of rotatable bonds is 2. The topological polar surface area (TPSA) is 49.8 Å². The van der Waals surface area contributed by atoms with Crippen LogP contribution in [0.2, 0.25) is 0 Å². The van der Waals surface area contributed by atoms with E-state index in [-0.39, 0.29) is 5.92 Å². The summed E-state index contributed by atoms with van der Waals surface area (Å²) in [5.74, 6) is 1.06. The van der Waals surface area contributed by atoms with E-state index in [4.69, 9.17) is 9.84 Å². The van der Waals surface area contributed by atoms with Gasteiger partial charge in [0, 0.05) is 25.1 Å². The van der Waals surface area contributed by atoms with Crippen molar-refractivity contribution in [1.29, 1.82) is 0 Å². The van der Waals surface area contributed by atoms with Gasteiger partial charge in [0.15, 0.2) is 0 Å². The van der Waals surface area contributed by atoms with Crippen molar-refractivity contribution in [3.63, 3.8) is 0 Å². The van der Waals surface area contributed by atoms with Crippen LogP contribution in [0.25, 0.3) is 0 Å². The number of hydrogen-bond donors (Lipinski definition) is 1. The summed E-state index contributed by atoms with van der Waals surface area (Å²) in [4.78, 5) is 12.2. The summed E-state index contributed by atoms with van der Waals surface area (Å²) in [5.41, 5.74) is 1.08. The van der Waals surface area contributed by atoms with Crippen molar-refractivity contribution in [2.45, 2.75) is 12.3 Å². The van der Waals surface area contributed by atoms with Gasteiger partial charge < -0.3 is 14.7 Å². The standard InChI is InChI=1S/C12H14BrNO3/c1-14(12(15)16)7-8-5-6-17-11-9(8)3-2-4-10(11)13/h2-4,8H,5-7H2,1H3,(H,15,16). The zero-order chi connectivity index (χ0) is 12.4. The Labute approximate surface area is 108 Å². The molecular formula is C12H14BrNO3. The number of ether oxygens (including phenoxy) is 1. The van der Waals surface area contributed by atoms with Gasteiger partial charge in [-0.2, -0.15) is 0 Å². The quantitative estimate of drug-likeness (QED) is 0.913. The predicted octanol–water partition coefficient (Wildman–Crippen LogP) is 2.93. The minimum Gasteiger partial charge on any atom is -0.492 e. The normalized spacial score (nSPS) is 18.1. The number of halogens is 1. The molecule has 1 aromatic rings. The first-order chi connectivity index (χ1) is 8.09. The van der Waals surface area contributed by atoms with Crippen molar-refractivity contribution in [1.82, 2.24) is 4.90 Å². The van der Waals surface area contributed by atoms with E-state index in [0.29, 0.717) is 13.2 Å². The first-order valence-corrected chi connectivity index (χ1v) is 6.24.